The van der Waals surface area contributed by atoms with Crippen molar-refractivity contribution in [1.29, 1.82) is 0 Å². The standard InChI is InChI=1S/C17H21N3O2/c1-13-9-19(10-14(2)22-13)17(21)16-8-18-20(12-16)11-15-6-4-3-5-7-15/h3-8,12-14H,9-11H2,1-2H3/t13-,14-/m1/s1. The number of nitrogens with zero attached hydrogens (tertiary/aromatic N) is 3. The Kier molecular flexibility index (Phi) is 4.24. The maximum Gasteiger partial charge on any atom is 0.257 e. The number of ether oxygens (including phenoxy) is 1. The van der Waals surface area contributed by atoms with Crippen molar-refractivity contribution >= 4 is 5.91 Å². The molecule has 1 amide bonds. The zero-order chi connectivity index (χ0) is 15.5. The molecule has 2 heterocycles. The van der Waals surface area contributed by atoms with E-state index < -0.39 is 0 Å². The molecule has 1 aliphatic heterocycles. The van der Waals surface area contributed by atoms with Gasteiger partial charge in [-0.2, -0.15) is 5.10 Å². The largest absolute Gasteiger partial charge is 0.372 e. The van der Waals surface area contributed by atoms with Crippen molar-refractivity contribution in [2.45, 2.75) is 32.6 Å². The highest BCUT2D eigenvalue weighted by atomic mass is 16.5. The number of aromatic nitrogens is 2. The van der Waals surface area contributed by atoms with Gasteiger partial charge in [0.05, 0.1) is 30.5 Å². The summed E-state index contributed by atoms with van der Waals surface area (Å²) in [4.78, 5) is 14.4. The Bertz CT molecular complexity index is 628. The van der Waals surface area contributed by atoms with Gasteiger partial charge in [0, 0.05) is 19.3 Å². The molecule has 0 bridgehead atoms. The number of hydrogen-bond donors (Lipinski definition) is 0. The van der Waals surface area contributed by atoms with Gasteiger partial charge in [0.15, 0.2) is 0 Å². The van der Waals surface area contributed by atoms with Crippen LogP contribution < -0.4 is 0 Å². The molecule has 0 aliphatic carbocycles. The van der Waals surface area contributed by atoms with Crippen LogP contribution in [0.5, 0.6) is 0 Å². The molecule has 5 heteroatoms. The van der Waals surface area contributed by atoms with E-state index in [1.165, 1.54) is 5.56 Å². The first-order chi connectivity index (χ1) is 10.6. The molecule has 5 nitrogen and oxygen atoms in total. The molecule has 1 aliphatic rings. The average Bonchev–Trinajstić information content (AvgIpc) is 2.95. The summed E-state index contributed by atoms with van der Waals surface area (Å²) in [5.41, 5.74) is 1.80. The van der Waals surface area contributed by atoms with E-state index in [0.717, 1.165) is 0 Å². The summed E-state index contributed by atoms with van der Waals surface area (Å²) in [6.07, 6.45) is 3.62. The van der Waals surface area contributed by atoms with Crippen molar-refractivity contribution in [2.75, 3.05) is 13.1 Å². The highest BCUT2D eigenvalue weighted by molar-refractivity contribution is 5.93. The number of benzene rings is 1. The first kappa shape index (κ1) is 14.8. The van der Waals surface area contributed by atoms with Crippen LogP contribution in [0.4, 0.5) is 0 Å². The fourth-order valence-electron chi connectivity index (χ4n) is 2.86. The van der Waals surface area contributed by atoms with Gasteiger partial charge in [-0.05, 0) is 19.4 Å². The SMILES string of the molecule is C[C@@H]1CN(C(=O)c2cnn(Cc3ccccc3)c2)C[C@@H](C)O1. The van der Waals surface area contributed by atoms with Crippen LogP contribution in [0, 0.1) is 0 Å². The Hall–Kier alpha value is -2.14. The summed E-state index contributed by atoms with van der Waals surface area (Å²) in [6, 6.07) is 10.1. The Labute approximate surface area is 130 Å². The highest BCUT2D eigenvalue weighted by Crippen LogP contribution is 2.14. The summed E-state index contributed by atoms with van der Waals surface area (Å²) in [5.74, 6) is 0.0290. The fourth-order valence-corrected chi connectivity index (χ4v) is 2.86. The maximum absolute atomic E-state index is 12.6. The van der Waals surface area contributed by atoms with Crippen molar-refractivity contribution in [3.8, 4) is 0 Å². The van der Waals surface area contributed by atoms with Crippen LogP contribution >= 0.6 is 0 Å². The first-order valence-electron chi connectivity index (χ1n) is 7.63. The second-order valence-electron chi connectivity index (χ2n) is 5.88. The lowest BCUT2D eigenvalue weighted by molar-refractivity contribution is -0.0586. The van der Waals surface area contributed by atoms with Crippen molar-refractivity contribution in [2.24, 2.45) is 0 Å². The fraction of sp³-hybridized carbons (Fsp3) is 0.412. The van der Waals surface area contributed by atoms with E-state index in [1.807, 2.05) is 43.1 Å². The number of hydrogen-bond acceptors (Lipinski definition) is 3. The van der Waals surface area contributed by atoms with Crippen LogP contribution in [0.1, 0.15) is 29.8 Å². The predicted octanol–water partition coefficient (Wildman–Crippen LogP) is 2.18. The number of morpholine rings is 1. The van der Waals surface area contributed by atoms with Gasteiger partial charge >= 0.3 is 0 Å². The normalized spacial score (nSPS) is 21.8. The van der Waals surface area contributed by atoms with Gasteiger partial charge in [0.2, 0.25) is 0 Å². The monoisotopic (exact) mass is 299 g/mol. The summed E-state index contributed by atoms with van der Waals surface area (Å²) in [7, 11) is 0. The summed E-state index contributed by atoms with van der Waals surface area (Å²) in [5, 5.41) is 4.30. The van der Waals surface area contributed by atoms with E-state index in [0.29, 0.717) is 25.2 Å². The zero-order valence-electron chi connectivity index (χ0n) is 13.0. The molecule has 2 atom stereocenters. The van der Waals surface area contributed by atoms with E-state index in [4.69, 9.17) is 4.74 Å². The molecule has 0 saturated carbocycles. The lowest BCUT2D eigenvalue weighted by Gasteiger charge is -2.35. The Morgan fingerprint density at radius 3 is 2.59 bits per heavy atom. The van der Waals surface area contributed by atoms with Crippen molar-refractivity contribution < 1.29 is 9.53 Å². The molecule has 22 heavy (non-hydrogen) atoms. The molecule has 0 N–H and O–H groups in total. The van der Waals surface area contributed by atoms with E-state index in [1.54, 1.807) is 10.9 Å². The van der Waals surface area contributed by atoms with Crippen LogP contribution in [-0.2, 0) is 11.3 Å². The Morgan fingerprint density at radius 2 is 1.91 bits per heavy atom. The predicted molar refractivity (Wildman–Crippen MR) is 83.7 cm³/mol. The van der Waals surface area contributed by atoms with Crippen molar-refractivity contribution in [3.05, 3.63) is 53.9 Å². The summed E-state index contributed by atoms with van der Waals surface area (Å²) in [6.45, 7) is 5.92. The Balaban J connectivity index is 1.69. The third-order valence-electron chi connectivity index (χ3n) is 3.77. The quantitative estimate of drug-likeness (QED) is 0.873. The molecule has 116 valence electrons. The minimum Gasteiger partial charge on any atom is -0.372 e. The molecular formula is C17H21N3O2. The summed E-state index contributed by atoms with van der Waals surface area (Å²) < 4.78 is 7.47. The minimum atomic E-state index is 0.0290. The van der Waals surface area contributed by atoms with Crippen molar-refractivity contribution in [1.82, 2.24) is 14.7 Å². The maximum atomic E-state index is 12.6. The number of rotatable bonds is 3. The molecule has 0 unspecified atom stereocenters. The van der Waals surface area contributed by atoms with Crippen LogP contribution in [0.25, 0.3) is 0 Å². The molecule has 0 spiro atoms. The average molecular weight is 299 g/mol. The molecule has 1 saturated heterocycles. The van der Waals surface area contributed by atoms with E-state index in [9.17, 15) is 4.79 Å². The number of carbonyl (C=O) groups excluding carboxylic acids is 1. The molecule has 1 fully saturated rings. The third-order valence-corrected chi connectivity index (χ3v) is 3.77. The molecular weight excluding hydrogens is 278 g/mol. The van der Waals surface area contributed by atoms with Gasteiger partial charge in [-0.15, -0.1) is 0 Å². The summed E-state index contributed by atoms with van der Waals surface area (Å²) >= 11 is 0. The second kappa shape index (κ2) is 6.32. The number of carbonyl (C=O) groups is 1. The smallest absolute Gasteiger partial charge is 0.257 e. The minimum absolute atomic E-state index is 0.0290. The van der Waals surface area contributed by atoms with Gasteiger partial charge in [-0.1, -0.05) is 30.3 Å². The van der Waals surface area contributed by atoms with Crippen LogP contribution in [-0.4, -0.2) is 45.9 Å². The lowest BCUT2D eigenvalue weighted by Crippen LogP contribution is -2.48. The van der Waals surface area contributed by atoms with Gasteiger partial charge in [-0.3, -0.25) is 9.48 Å². The lowest BCUT2D eigenvalue weighted by atomic mass is 10.2. The van der Waals surface area contributed by atoms with Gasteiger partial charge in [0.25, 0.3) is 5.91 Å². The van der Waals surface area contributed by atoms with E-state index >= 15 is 0 Å². The molecule has 1 aromatic heterocycles. The van der Waals surface area contributed by atoms with Gasteiger partial charge in [0.1, 0.15) is 0 Å². The van der Waals surface area contributed by atoms with Crippen LogP contribution in [0.3, 0.4) is 0 Å². The highest BCUT2D eigenvalue weighted by Gasteiger charge is 2.27. The van der Waals surface area contributed by atoms with Crippen molar-refractivity contribution in [3.63, 3.8) is 0 Å². The van der Waals surface area contributed by atoms with Gasteiger partial charge in [-0.25, -0.2) is 0 Å². The molecule has 0 radical (unpaired) electrons. The third kappa shape index (κ3) is 3.36. The molecule has 3 rings (SSSR count). The van der Waals surface area contributed by atoms with E-state index in [-0.39, 0.29) is 18.1 Å². The van der Waals surface area contributed by atoms with Crippen LogP contribution in [0.15, 0.2) is 42.7 Å². The zero-order valence-corrected chi connectivity index (χ0v) is 13.0. The molecule has 1 aromatic carbocycles. The topological polar surface area (TPSA) is 47.4 Å². The molecule has 2 aromatic rings. The second-order valence-corrected chi connectivity index (χ2v) is 5.88. The Morgan fingerprint density at radius 1 is 1.23 bits per heavy atom. The van der Waals surface area contributed by atoms with Crippen LogP contribution in [0.2, 0.25) is 0 Å². The van der Waals surface area contributed by atoms with E-state index in [2.05, 4.69) is 17.2 Å². The van der Waals surface area contributed by atoms with Gasteiger partial charge < -0.3 is 9.64 Å². The number of amides is 1. The first-order valence-corrected chi connectivity index (χ1v) is 7.63.